The maximum atomic E-state index is 12.7. The first-order valence-electron chi connectivity index (χ1n) is 22.4. The molecule has 5 N–H and O–H groups in total. The summed E-state index contributed by atoms with van der Waals surface area (Å²) >= 11 is 0. The van der Waals surface area contributed by atoms with Crippen molar-refractivity contribution in [2.45, 2.75) is 167 Å². The van der Waals surface area contributed by atoms with Crippen LogP contribution in [0.1, 0.15) is 149 Å². The lowest BCUT2D eigenvalue weighted by Crippen LogP contribution is -2.29. The van der Waals surface area contributed by atoms with E-state index in [1.165, 1.54) is 19.3 Å². The van der Waals surface area contributed by atoms with Crippen LogP contribution in [0.3, 0.4) is 0 Å². The minimum Gasteiger partial charge on any atom is -0.462 e. The Morgan fingerprint density at radius 3 is 1.60 bits per heavy atom. The number of esters is 2. The van der Waals surface area contributed by atoms with Crippen LogP contribution in [0.15, 0.2) is 85.1 Å². The van der Waals surface area contributed by atoms with Crippen molar-refractivity contribution < 1.29 is 66.7 Å². The zero-order chi connectivity index (χ0) is 46.0. The fourth-order valence-corrected chi connectivity index (χ4v) is 6.52. The molecule has 0 spiro atoms. The van der Waals surface area contributed by atoms with Gasteiger partial charge in [-0.25, -0.2) is 9.13 Å². The van der Waals surface area contributed by atoms with Crippen LogP contribution in [0.5, 0.6) is 0 Å². The number of phosphoric ester groups is 2. The summed E-state index contributed by atoms with van der Waals surface area (Å²) in [6, 6.07) is 0. The summed E-state index contributed by atoms with van der Waals surface area (Å²) in [7, 11) is -9.72. The van der Waals surface area contributed by atoms with Crippen LogP contribution in [0.25, 0.3) is 0 Å². The van der Waals surface area contributed by atoms with Crippen molar-refractivity contribution >= 4 is 27.6 Å². The predicted octanol–water partition coefficient (Wildman–Crippen LogP) is 10.5. The van der Waals surface area contributed by atoms with E-state index in [4.69, 9.17) is 23.8 Å². The molecule has 0 bridgehead atoms. The van der Waals surface area contributed by atoms with Crippen LogP contribution < -0.4 is 0 Å². The molecule has 1 unspecified atom stereocenters. The van der Waals surface area contributed by atoms with Gasteiger partial charge in [0.25, 0.3) is 0 Å². The van der Waals surface area contributed by atoms with Gasteiger partial charge in [-0.1, -0.05) is 144 Å². The molecule has 0 amide bonds. The van der Waals surface area contributed by atoms with Crippen molar-refractivity contribution in [3.8, 4) is 0 Å². The Labute approximate surface area is 371 Å². The molecule has 0 rings (SSSR count). The zero-order valence-electron chi connectivity index (χ0n) is 37.3. The number of unbranched alkanes of at least 4 members (excludes halogenated alkanes) is 11. The van der Waals surface area contributed by atoms with Gasteiger partial charge in [-0.3, -0.25) is 23.2 Å². The number of hydrogen-bond donors (Lipinski definition) is 5. The van der Waals surface area contributed by atoms with Gasteiger partial charge in [0.2, 0.25) is 0 Å². The average Bonchev–Trinajstić information content (AvgIpc) is 3.23. The molecule has 0 fully saturated rings. The van der Waals surface area contributed by atoms with Crippen LogP contribution >= 0.6 is 15.6 Å². The van der Waals surface area contributed by atoms with E-state index in [-0.39, 0.29) is 12.8 Å². The molecule has 14 nitrogen and oxygen atoms in total. The fraction of sp³-hybridized carbons (Fsp3) is 0.652. The number of aliphatic hydroxyl groups is 2. The summed E-state index contributed by atoms with van der Waals surface area (Å²) in [6.07, 6.45) is 43.8. The number of ether oxygens (including phenoxy) is 2. The van der Waals surface area contributed by atoms with Crippen molar-refractivity contribution in [3.63, 3.8) is 0 Å². The lowest BCUT2D eigenvalue weighted by molar-refractivity contribution is -0.161. The van der Waals surface area contributed by atoms with Crippen molar-refractivity contribution in [1.29, 1.82) is 0 Å². The van der Waals surface area contributed by atoms with Crippen molar-refractivity contribution in [2.75, 3.05) is 26.4 Å². The van der Waals surface area contributed by atoms with Crippen LogP contribution in [0.4, 0.5) is 0 Å². The minimum atomic E-state index is -4.88. The Kier molecular flexibility index (Phi) is 39.2. The minimum absolute atomic E-state index is 0.0332. The second-order valence-corrected chi connectivity index (χ2v) is 17.5. The quantitative estimate of drug-likeness (QED) is 0.0127. The molecule has 0 aromatic heterocycles. The maximum Gasteiger partial charge on any atom is 0.472 e. The summed E-state index contributed by atoms with van der Waals surface area (Å²) in [4.78, 5) is 52.7. The second-order valence-electron chi connectivity index (χ2n) is 14.8. The third-order valence-corrected chi connectivity index (χ3v) is 10.4. The molecule has 0 aromatic carbocycles. The Balaban J connectivity index is 4.64. The summed E-state index contributed by atoms with van der Waals surface area (Å²) in [5, 5.41) is 19.2. The van der Waals surface area contributed by atoms with Gasteiger partial charge in [0.05, 0.1) is 25.9 Å². The molecule has 62 heavy (non-hydrogen) atoms. The van der Waals surface area contributed by atoms with Crippen molar-refractivity contribution in [2.24, 2.45) is 0 Å². The number of aliphatic hydroxyl groups excluding tert-OH is 2. The van der Waals surface area contributed by atoms with E-state index < -0.39 is 72.3 Å². The van der Waals surface area contributed by atoms with Gasteiger partial charge < -0.3 is 34.4 Å². The van der Waals surface area contributed by atoms with Crippen molar-refractivity contribution in [3.05, 3.63) is 85.1 Å². The van der Waals surface area contributed by atoms with E-state index in [0.29, 0.717) is 25.7 Å². The van der Waals surface area contributed by atoms with Gasteiger partial charge in [0.15, 0.2) is 6.10 Å². The molecule has 0 aliphatic heterocycles. The van der Waals surface area contributed by atoms with E-state index in [1.807, 2.05) is 43.4 Å². The third-order valence-electron chi connectivity index (χ3n) is 8.92. The Morgan fingerprint density at radius 2 is 1.02 bits per heavy atom. The third kappa shape index (κ3) is 43.9. The topological polar surface area (TPSA) is 216 Å². The predicted molar refractivity (Wildman–Crippen MR) is 245 cm³/mol. The van der Waals surface area contributed by atoms with E-state index >= 15 is 0 Å². The molecule has 0 aliphatic rings. The molecule has 0 aliphatic carbocycles. The fourth-order valence-electron chi connectivity index (χ4n) is 5.36. The number of phosphoric acid groups is 2. The first kappa shape index (κ1) is 59.3. The standard InChI is InChI=1S/C46H78O14P2/c1-3-5-6-7-8-9-10-11-12-13-14-18-21-24-27-30-33-36-45(49)56-40-44(41-59-62(54,55)58-39-43(48)38-57-61(51,52)53)60-46(50)37-34-31-28-25-22-19-16-15-17-20-23-26-29-32-35-42(47)4-2/h8-9,11-12,16-17,19-20,25-26,28-29,32,35,42-44,47-48H,3-7,10,13-15,18,21-24,27,30-31,33-34,36-41H2,1-2H3,(H,54,55)(H2,51,52,53)/b9-8-,12-11-,19-16-,20-17-,28-25-,29-26-,35-32+/t42-,43+,44-/m1/s1. The van der Waals surface area contributed by atoms with E-state index in [1.54, 1.807) is 6.08 Å². The van der Waals surface area contributed by atoms with Crippen LogP contribution in [0, 0.1) is 0 Å². The SMILES string of the molecule is CCCCC/C=C\C/C=C\CCCCCCCCCC(=O)OC[C@H](COP(=O)(O)OC[C@@H](O)COP(=O)(O)O)OC(=O)CCC/C=C\C/C=C\C/C=C\C/C=C\C=C\[C@H](O)CC. The smallest absolute Gasteiger partial charge is 0.462 e. The summed E-state index contributed by atoms with van der Waals surface area (Å²) in [5.74, 6) is -1.13. The highest BCUT2D eigenvalue weighted by atomic mass is 31.2. The van der Waals surface area contributed by atoms with Crippen LogP contribution in [-0.4, -0.2) is 81.6 Å². The molecule has 16 heteroatoms. The number of carbonyl (C=O) groups is 2. The maximum absolute atomic E-state index is 12.7. The first-order valence-corrected chi connectivity index (χ1v) is 25.4. The second kappa shape index (κ2) is 41.0. The normalized spacial score (nSPS) is 15.3. The molecule has 356 valence electrons. The highest BCUT2D eigenvalue weighted by Gasteiger charge is 2.28. The first-order chi connectivity index (χ1) is 29.8. The number of rotatable bonds is 41. The molecule has 0 heterocycles. The Hall–Kier alpha value is -2.74. The summed E-state index contributed by atoms with van der Waals surface area (Å²) in [5.41, 5.74) is 0. The van der Waals surface area contributed by atoms with E-state index in [9.17, 15) is 33.8 Å². The summed E-state index contributed by atoms with van der Waals surface area (Å²) in [6.45, 7) is 1.31. The number of carbonyl (C=O) groups excluding carboxylic acids is 2. The molecule has 0 saturated heterocycles. The molecule has 0 saturated carbocycles. The zero-order valence-corrected chi connectivity index (χ0v) is 39.1. The number of allylic oxidation sites excluding steroid dienone is 13. The van der Waals surface area contributed by atoms with E-state index in [2.05, 4.69) is 58.5 Å². The Morgan fingerprint density at radius 1 is 0.532 bits per heavy atom. The van der Waals surface area contributed by atoms with Gasteiger partial charge >= 0.3 is 27.6 Å². The van der Waals surface area contributed by atoms with Gasteiger partial charge in [-0.05, 0) is 77.0 Å². The van der Waals surface area contributed by atoms with Gasteiger partial charge in [0.1, 0.15) is 12.7 Å². The molecule has 4 atom stereocenters. The Bertz CT molecular complexity index is 1430. The molecular formula is C46H78O14P2. The largest absolute Gasteiger partial charge is 0.472 e. The highest BCUT2D eigenvalue weighted by Crippen LogP contribution is 2.43. The van der Waals surface area contributed by atoms with Gasteiger partial charge in [-0.2, -0.15) is 0 Å². The van der Waals surface area contributed by atoms with Crippen molar-refractivity contribution in [1.82, 2.24) is 0 Å². The lowest BCUT2D eigenvalue weighted by Gasteiger charge is -2.20. The molecular weight excluding hydrogens is 838 g/mol. The van der Waals surface area contributed by atoms with Gasteiger partial charge in [0, 0.05) is 12.8 Å². The van der Waals surface area contributed by atoms with E-state index in [0.717, 1.165) is 77.0 Å². The lowest BCUT2D eigenvalue weighted by atomic mass is 10.1. The summed E-state index contributed by atoms with van der Waals surface area (Å²) < 4.78 is 47.7. The van der Waals surface area contributed by atoms with Crippen LogP contribution in [-0.2, 0) is 41.8 Å². The molecule has 0 aromatic rings. The number of hydrogen-bond acceptors (Lipinski definition) is 11. The monoisotopic (exact) mass is 916 g/mol. The van der Waals surface area contributed by atoms with Crippen LogP contribution in [0.2, 0.25) is 0 Å². The molecule has 0 radical (unpaired) electrons. The average molecular weight is 917 g/mol. The van der Waals surface area contributed by atoms with Gasteiger partial charge in [-0.15, -0.1) is 0 Å². The highest BCUT2D eigenvalue weighted by molar-refractivity contribution is 7.47.